The number of nitrogens with one attached hydrogen (secondary N) is 8. The number of benzene rings is 2. The molecule has 0 heterocycles. The molecular weight excluding hydrogens is 1510 g/mol. The van der Waals surface area contributed by atoms with Gasteiger partial charge in [-0.05, 0) is 136 Å². The lowest BCUT2D eigenvalue weighted by Gasteiger charge is -2.21. The lowest BCUT2D eigenvalue weighted by atomic mass is 10.1. The van der Waals surface area contributed by atoms with Crippen LogP contribution in [0.1, 0.15) is 41.4 Å². The monoisotopic (exact) mass is 1550 g/mol. The minimum absolute atomic E-state index is 0.00574. The van der Waals surface area contributed by atoms with Gasteiger partial charge in [0, 0.05) is 46.4 Å². The second-order valence-electron chi connectivity index (χ2n) is 12.6. The predicted molar refractivity (Wildman–Crippen MR) is 271 cm³/mol. The molecule has 0 aliphatic carbocycles. The standard InChI is InChI=1S/C33H42I6N8O15/c34-20-16(28(57)40-3-12(53)7-48)22(36)26(23(37)17(20)29(58)41-4-13(54)8-49)46-32(61)44-1-11(52)2-45-33(62)47-27-24(38)18(30(59)42-5-14(55)9-50)21(35)19(25(27)39)31(60)43-6-15(56)10-51/h11-15,48-56H,1-10H2,(H,40,57)(H,41,58)(H,42,59)(H,43,60)(H2,44,46,61)(H2,45,47,62). The number of rotatable bonds is 22. The van der Waals surface area contributed by atoms with Crippen molar-refractivity contribution in [3.63, 3.8) is 0 Å². The Morgan fingerprint density at radius 2 is 0.565 bits per heavy atom. The Morgan fingerprint density at radius 1 is 0.355 bits per heavy atom. The highest BCUT2D eigenvalue weighted by Crippen LogP contribution is 2.37. The maximum atomic E-state index is 13.3. The number of halogens is 6. The van der Waals surface area contributed by atoms with Crippen LogP contribution in [0.3, 0.4) is 0 Å². The van der Waals surface area contributed by atoms with Crippen LogP contribution < -0.4 is 42.5 Å². The smallest absolute Gasteiger partial charge is 0.319 e. The first-order valence-corrected chi connectivity index (χ1v) is 24.1. The van der Waals surface area contributed by atoms with Crippen molar-refractivity contribution in [3.05, 3.63) is 43.7 Å². The number of hydrogen-bond donors (Lipinski definition) is 17. The lowest BCUT2D eigenvalue weighted by molar-refractivity contribution is 0.0792. The van der Waals surface area contributed by atoms with Crippen LogP contribution in [0.4, 0.5) is 21.0 Å². The fraction of sp³-hybridized carbons (Fsp3) is 0.455. The van der Waals surface area contributed by atoms with E-state index in [2.05, 4.69) is 42.5 Å². The van der Waals surface area contributed by atoms with Crippen molar-refractivity contribution in [2.24, 2.45) is 0 Å². The maximum absolute atomic E-state index is 13.3. The van der Waals surface area contributed by atoms with E-state index in [9.17, 15) is 54.3 Å². The number of aliphatic hydroxyl groups excluding tert-OH is 9. The highest BCUT2D eigenvalue weighted by Gasteiger charge is 2.31. The third-order valence-electron chi connectivity index (χ3n) is 7.85. The van der Waals surface area contributed by atoms with E-state index in [1.807, 2.05) is 0 Å². The van der Waals surface area contributed by atoms with E-state index in [0.29, 0.717) is 0 Å². The molecule has 0 fully saturated rings. The normalized spacial score (nSPS) is 13.5. The maximum Gasteiger partial charge on any atom is 0.319 e. The molecule has 23 nitrogen and oxygen atoms in total. The molecule has 346 valence electrons. The number of aliphatic hydroxyl groups is 9. The molecule has 0 saturated heterocycles. The van der Waals surface area contributed by atoms with Crippen molar-refractivity contribution in [2.45, 2.75) is 30.5 Å². The van der Waals surface area contributed by atoms with Crippen LogP contribution >= 0.6 is 136 Å². The molecular formula is C33H42I6N8O15. The second-order valence-corrected chi connectivity index (χ2v) is 19.1. The van der Waals surface area contributed by atoms with E-state index >= 15 is 0 Å². The molecule has 4 atom stereocenters. The number of urea groups is 2. The van der Waals surface area contributed by atoms with Crippen molar-refractivity contribution < 1.29 is 74.7 Å². The van der Waals surface area contributed by atoms with Crippen LogP contribution in [0.5, 0.6) is 0 Å². The molecule has 62 heavy (non-hydrogen) atoms. The van der Waals surface area contributed by atoms with Crippen molar-refractivity contribution in [1.82, 2.24) is 31.9 Å². The average molecular weight is 1550 g/mol. The van der Waals surface area contributed by atoms with E-state index in [1.54, 1.807) is 136 Å². The molecule has 2 aromatic carbocycles. The van der Waals surface area contributed by atoms with Gasteiger partial charge in [0.25, 0.3) is 23.6 Å². The van der Waals surface area contributed by atoms with Crippen LogP contribution in [0.2, 0.25) is 0 Å². The SMILES string of the molecule is O=C(NCC(O)CNC(=O)Nc1c(I)c(C(=O)NCC(O)CO)c(I)c(C(=O)NCC(O)CO)c1I)Nc1c(I)c(C(=O)NCC(O)CO)c(I)c(C(=O)NCC(O)CO)c1I. The van der Waals surface area contributed by atoms with Crippen LogP contribution in [-0.4, -0.2) is 178 Å². The summed E-state index contributed by atoms with van der Waals surface area (Å²) in [6, 6.07) is -1.82. The summed E-state index contributed by atoms with van der Waals surface area (Å²) < 4.78 is 0.942. The van der Waals surface area contributed by atoms with Gasteiger partial charge in [-0.2, -0.15) is 0 Å². The van der Waals surface area contributed by atoms with Gasteiger partial charge in [0.15, 0.2) is 0 Å². The van der Waals surface area contributed by atoms with Crippen LogP contribution in [0.15, 0.2) is 0 Å². The first-order valence-electron chi connectivity index (χ1n) is 17.6. The summed E-state index contributed by atoms with van der Waals surface area (Å²) in [7, 11) is 0. The van der Waals surface area contributed by atoms with Gasteiger partial charge in [-0.3, -0.25) is 19.2 Å². The van der Waals surface area contributed by atoms with Gasteiger partial charge in [-0.15, -0.1) is 0 Å². The summed E-state index contributed by atoms with van der Waals surface area (Å²) in [5, 5.41) is 106. The first-order chi connectivity index (χ1) is 29.1. The van der Waals surface area contributed by atoms with E-state index in [4.69, 9.17) is 20.4 Å². The molecule has 0 radical (unpaired) electrons. The number of carbonyl (C=O) groups excluding carboxylic acids is 6. The zero-order chi connectivity index (χ0) is 47.0. The van der Waals surface area contributed by atoms with Crippen LogP contribution in [0, 0.1) is 21.4 Å². The molecule has 0 saturated carbocycles. The fourth-order valence-corrected chi connectivity index (χ4v) is 13.4. The highest BCUT2D eigenvalue weighted by atomic mass is 127. The van der Waals surface area contributed by atoms with Gasteiger partial charge >= 0.3 is 12.1 Å². The van der Waals surface area contributed by atoms with E-state index < -0.39 is 106 Å². The fourth-order valence-electron chi connectivity index (χ4n) is 4.61. The van der Waals surface area contributed by atoms with Gasteiger partial charge < -0.3 is 88.5 Å². The van der Waals surface area contributed by atoms with Crippen molar-refractivity contribution in [2.75, 3.05) is 76.3 Å². The third-order valence-corrected chi connectivity index (χ3v) is 14.3. The summed E-state index contributed by atoms with van der Waals surface area (Å²) in [4.78, 5) is 79.4. The first kappa shape index (κ1) is 57.0. The molecule has 0 bridgehead atoms. The average Bonchev–Trinajstić information content (AvgIpc) is 3.24. The summed E-state index contributed by atoms with van der Waals surface area (Å²) in [6.07, 6.45) is -6.57. The predicted octanol–water partition coefficient (Wildman–Crippen LogP) is -2.05. The topological polar surface area (TPSA) is 381 Å². The molecule has 29 heteroatoms. The van der Waals surface area contributed by atoms with E-state index in [0.717, 1.165) is 0 Å². The Kier molecular flexibility index (Phi) is 25.9. The highest BCUT2D eigenvalue weighted by molar-refractivity contribution is 14.1. The molecule has 17 N–H and O–H groups in total. The van der Waals surface area contributed by atoms with Crippen LogP contribution in [0.25, 0.3) is 0 Å². The van der Waals surface area contributed by atoms with Crippen LogP contribution in [-0.2, 0) is 0 Å². The number of carbonyl (C=O) groups is 6. The Morgan fingerprint density at radius 3 is 0.774 bits per heavy atom. The molecule has 8 amide bonds. The number of hydrogen-bond acceptors (Lipinski definition) is 15. The van der Waals surface area contributed by atoms with Gasteiger partial charge in [0.05, 0.1) is 105 Å². The Hall–Kier alpha value is -1.12. The van der Waals surface area contributed by atoms with E-state index in [1.165, 1.54) is 0 Å². The minimum atomic E-state index is -1.41. The number of amides is 8. The quantitative estimate of drug-likeness (QED) is 0.0565. The van der Waals surface area contributed by atoms with Gasteiger partial charge in [-0.1, -0.05) is 0 Å². The lowest BCUT2D eigenvalue weighted by Crippen LogP contribution is -2.43. The molecule has 4 unspecified atom stereocenters. The third kappa shape index (κ3) is 16.6. The Bertz CT molecular complexity index is 1730. The van der Waals surface area contributed by atoms with Crippen molar-refractivity contribution in [3.8, 4) is 0 Å². The van der Waals surface area contributed by atoms with Crippen molar-refractivity contribution >= 4 is 183 Å². The number of anilines is 2. The zero-order valence-electron chi connectivity index (χ0n) is 31.7. The molecule has 2 aromatic rings. The van der Waals surface area contributed by atoms with E-state index in [-0.39, 0.29) is 81.2 Å². The summed E-state index contributed by atoms with van der Waals surface area (Å²) >= 11 is 10.6. The van der Waals surface area contributed by atoms with Gasteiger partial charge in [0.2, 0.25) is 0 Å². The Balaban J connectivity index is 2.30. The molecule has 2 rings (SSSR count). The van der Waals surface area contributed by atoms with Crippen molar-refractivity contribution in [1.29, 1.82) is 0 Å². The van der Waals surface area contributed by atoms with Gasteiger partial charge in [0.1, 0.15) is 0 Å². The summed E-state index contributed by atoms with van der Waals surface area (Å²) in [5.41, 5.74) is -0.311. The Labute approximate surface area is 434 Å². The molecule has 0 aliphatic rings. The molecule has 0 aromatic heterocycles. The van der Waals surface area contributed by atoms with Gasteiger partial charge in [-0.25, -0.2) is 9.59 Å². The molecule has 0 spiro atoms. The molecule has 0 aliphatic heterocycles. The summed E-state index contributed by atoms with van der Waals surface area (Å²) in [6.45, 7) is -4.86. The minimum Gasteiger partial charge on any atom is -0.394 e. The largest absolute Gasteiger partial charge is 0.394 e. The zero-order valence-corrected chi connectivity index (χ0v) is 44.6. The summed E-state index contributed by atoms with van der Waals surface area (Å²) in [5.74, 6) is -3.06. The second kappa shape index (κ2) is 28.1.